The van der Waals surface area contributed by atoms with Gasteiger partial charge < -0.3 is 19.6 Å². The van der Waals surface area contributed by atoms with Crippen LogP contribution < -0.4 is 4.74 Å². The summed E-state index contributed by atoms with van der Waals surface area (Å²) < 4.78 is 10.1. The number of ether oxygens (including phenoxy) is 2. The van der Waals surface area contributed by atoms with E-state index in [0.29, 0.717) is 5.69 Å². The number of esters is 1. The van der Waals surface area contributed by atoms with Gasteiger partial charge in [0.2, 0.25) is 0 Å². The van der Waals surface area contributed by atoms with E-state index in [1.54, 1.807) is 37.6 Å². The molecule has 3 aromatic rings. The van der Waals surface area contributed by atoms with Crippen LogP contribution in [0.2, 0.25) is 0 Å². The highest BCUT2D eigenvalue weighted by molar-refractivity contribution is 6.01. The van der Waals surface area contributed by atoms with Gasteiger partial charge in [0.25, 0.3) is 0 Å². The van der Waals surface area contributed by atoms with Crippen molar-refractivity contribution in [3.8, 4) is 33.8 Å². The second-order valence-electron chi connectivity index (χ2n) is 5.22. The van der Waals surface area contributed by atoms with E-state index in [9.17, 15) is 9.90 Å². The molecule has 1 heterocycles. The normalized spacial score (nSPS) is 10.4. The fourth-order valence-electron chi connectivity index (χ4n) is 2.61. The van der Waals surface area contributed by atoms with Gasteiger partial charge in [-0.3, -0.25) is 0 Å². The van der Waals surface area contributed by atoms with E-state index >= 15 is 0 Å². The molecule has 24 heavy (non-hydrogen) atoms. The Hall–Kier alpha value is -3.21. The van der Waals surface area contributed by atoms with Gasteiger partial charge in [0.15, 0.2) is 0 Å². The van der Waals surface area contributed by atoms with Gasteiger partial charge >= 0.3 is 5.97 Å². The number of methoxy groups -OCH3 is 2. The number of aromatic nitrogens is 1. The average molecular weight is 323 g/mol. The van der Waals surface area contributed by atoms with E-state index in [4.69, 9.17) is 9.47 Å². The summed E-state index contributed by atoms with van der Waals surface area (Å²) in [6.07, 6.45) is 1.77. The van der Waals surface area contributed by atoms with E-state index in [0.717, 1.165) is 28.0 Å². The Morgan fingerprint density at radius 3 is 2.17 bits per heavy atom. The molecule has 0 unspecified atom stereocenters. The monoisotopic (exact) mass is 323 g/mol. The van der Waals surface area contributed by atoms with Crippen LogP contribution >= 0.6 is 0 Å². The summed E-state index contributed by atoms with van der Waals surface area (Å²) in [6, 6.07) is 14.3. The number of phenols is 1. The summed E-state index contributed by atoms with van der Waals surface area (Å²) in [4.78, 5) is 15.1. The molecule has 5 heteroatoms. The first-order chi connectivity index (χ1) is 11.6. The number of hydrogen-bond donors (Lipinski definition) is 2. The van der Waals surface area contributed by atoms with E-state index in [1.165, 1.54) is 7.11 Å². The Labute approximate surface area is 139 Å². The SMILES string of the molecule is COC(=O)c1[nH]cc(-c2ccc(OC)cc2)c1-c1ccc(O)cc1. The largest absolute Gasteiger partial charge is 0.508 e. The standard InChI is InChI=1S/C19H17NO4/c1-23-15-9-5-12(6-10-15)16-11-20-18(19(22)24-2)17(16)13-3-7-14(21)8-4-13/h3-11,20-21H,1-2H3. The summed E-state index contributed by atoms with van der Waals surface area (Å²) in [7, 11) is 2.96. The molecule has 5 nitrogen and oxygen atoms in total. The molecule has 0 atom stereocenters. The zero-order valence-corrected chi connectivity index (χ0v) is 13.4. The van der Waals surface area contributed by atoms with Crippen molar-refractivity contribution in [3.63, 3.8) is 0 Å². The van der Waals surface area contributed by atoms with Crippen molar-refractivity contribution in [1.29, 1.82) is 0 Å². The van der Waals surface area contributed by atoms with Crippen LogP contribution in [0.3, 0.4) is 0 Å². The molecule has 0 bridgehead atoms. The smallest absolute Gasteiger partial charge is 0.355 e. The molecule has 0 spiro atoms. The third kappa shape index (κ3) is 2.84. The van der Waals surface area contributed by atoms with Gasteiger partial charge in [0.1, 0.15) is 17.2 Å². The number of aromatic amines is 1. The van der Waals surface area contributed by atoms with Crippen LogP contribution in [0.4, 0.5) is 0 Å². The fourth-order valence-corrected chi connectivity index (χ4v) is 2.61. The van der Waals surface area contributed by atoms with Crippen LogP contribution in [-0.4, -0.2) is 30.3 Å². The second kappa shape index (κ2) is 6.50. The van der Waals surface area contributed by atoms with Gasteiger partial charge in [-0.2, -0.15) is 0 Å². The first-order valence-corrected chi connectivity index (χ1v) is 7.37. The van der Waals surface area contributed by atoms with Crippen LogP contribution in [-0.2, 0) is 4.74 Å². The number of carbonyl (C=O) groups is 1. The zero-order valence-electron chi connectivity index (χ0n) is 13.4. The summed E-state index contributed by atoms with van der Waals surface area (Å²) in [5, 5.41) is 9.51. The molecular formula is C19H17NO4. The number of phenolic OH excluding ortho intramolecular Hbond substituents is 1. The van der Waals surface area contributed by atoms with Crippen molar-refractivity contribution in [2.45, 2.75) is 0 Å². The van der Waals surface area contributed by atoms with Crippen LogP contribution in [0.25, 0.3) is 22.3 Å². The first kappa shape index (κ1) is 15.7. The predicted octanol–water partition coefficient (Wildman–Crippen LogP) is 3.85. The molecule has 1 aromatic heterocycles. The molecule has 0 radical (unpaired) electrons. The highest BCUT2D eigenvalue weighted by atomic mass is 16.5. The molecule has 2 N–H and O–H groups in total. The lowest BCUT2D eigenvalue weighted by Gasteiger charge is -2.08. The van der Waals surface area contributed by atoms with Gasteiger partial charge in [0, 0.05) is 17.3 Å². The second-order valence-corrected chi connectivity index (χ2v) is 5.22. The molecule has 0 aliphatic rings. The lowest BCUT2D eigenvalue weighted by Crippen LogP contribution is -2.03. The van der Waals surface area contributed by atoms with Crippen molar-refractivity contribution in [2.24, 2.45) is 0 Å². The van der Waals surface area contributed by atoms with Crippen LogP contribution in [0, 0.1) is 0 Å². The van der Waals surface area contributed by atoms with E-state index in [2.05, 4.69) is 4.98 Å². The highest BCUT2D eigenvalue weighted by Crippen LogP contribution is 2.36. The van der Waals surface area contributed by atoms with E-state index < -0.39 is 5.97 Å². The van der Waals surface area contributed by atoms with Crippen molar-refractivity contribution < 1.29 is 19.4 Å². The lowest BCUT2D eigenvalue weighted by atomic mass is 9.96. The molecule has 0 aliphatic carbocycles. The first-order valence-electron chi connectivity index (χ1n) is 7.37. The quantitative estimate of drug-likeness (QED) is 0.715. The predicted molar refractivity (Wildman–Crippen MR) is 91.2 cm³/mol. The van der Waals surface area contributed by atoms with Crippen molar-refractivity contribution in [3.05, 3.63) is 60.4 Å². The van der Waals surface area contributed by atoms with Crippen LogP contribution in [0.1, 0.15) is 10.5 Å². The molecule has 0 amide bonds. The third-order valence-corrected chi connectivity index (χ3v) is 3.83. The summed E-state index contributed by atoms with van der Waals surface area (Å²) in [5.74, 6) is 0.478. The Morgan fingerprint density at radius 1 is 0.958 bits per heavy atom. The van der Waals surface area contributed by atoms with Crippen LogP contribution in [0.15, 0.2) is 54.7 Å². The number of aromatic hydroxyl groups is 1. The van der Waals surface area contributed by atoms with Crippen molar-refractivity contribution >= 4 is 5.97 Å². The fraction of sp³-hybridized carbons (Fsp3) is 0.105. The maximum Gasteiger partial charge on any atom is 0.355 e. The molecule has 3 rings (SSSR count). The maximum atomic E-state index is 12.1. The number of hydrogen-bond acceptors (Lipinski definition) is 4. The third-order valence-electron chi connectivity index (χ3n) is 3.83. The molecule has 0 saturated heterocycles. The Kier molecular flexibility index (Phi) is 4.24. The minimum absolute atomic E-state index is 0.167. The number of H-pyrrole nitrogens is 1. The number of rotatable bonds is 4. The molecular weight excluding hydrogens is 306 g/mol. The van der Waals surface area contributed by atoms with E-state index in [-0.39, 0.29) is 5.75 Å². The van der Waals surface area contributed by atoms with Gasteiger partial charge in [-0.15, -0.1) is 0 Å². The Morgan fingerprint density at radius 2 is 1.58 bits per heavy atom. The molecule has 0 fully saturated rings. The topological polar surface area (TPSA) is 71.6 Å². The highest BCUT2D eigenvalue weighted by Gasteiger charge is 2.20. The minimum atomic E-state index is -0.446. The molecule has 2 aromatic carbocycles. The summed E-state index contributed by atoms with van der Waals surface area (Å²) >= 11 is 0. The van der Waals surface area contributed by atoms with Gasteiger partial charge in [-0.05, 0) is 35.4 Å². The number of benzene rings is 2. The van der Waals surface area contributed by atoms with Gasteiger partial charge in [-0.25, -0.2) is 4.79 Å². The molecule has 0 aliphatic heterocycles. The van der Waals surface area contributed by atoms with Crippen molar-refractivity contribution in [1.82, 2.24) is 4.98 Å². The average Bonchev–Trinajstić information content (AvgIpc) is 3.06. The zero-order chi connectivity index (χ0) is 17.1. The summed E-state index contributed by atoms with van der Waals surface area (Å²) in [6.45, 7) is 0. The van der Waals surface area contributed by atoms with Gasteiger partial charge in [-0.1, -0.05) is 24.3 Å². The lowest BCUT2D eigenvalue weighted by molar-refractivity contribution is 0.0595. The maximum absolute atomic E-state index is 12.1. The Bertz CT molecular complexity index is 848. The molecule has 122 valence electrons. The molecule has 0 saturated carbocycles. The number of nitrogens with one attached hydrogen (secondary N) is 1. The number of carbonyl (C=O) groups excluding carboxylic acids is 1. The van der Waals surface area contributed by atoms with Crippen molar-refractivity contribution in [2.75, 3.05) is 14.2 Å². The van der Waals surface area contributed by atoms with Gasteiger partial charge in [0.05, 0.1) is 14.2 Å². The van der Waals surface area contributed by atoms with Crippen LogP contribution in [0.5, 0.6) is 11.5 Å². The minimum Gasteiger partial charge on any atom is -0.508 e. The van der Waals surface area contributed by atoms with E-state index in [1.807, 2.05) is 24.3 Å². The Balaban J connectivity index is 2.17. The summed E-state index contributed by atoms with van der Waals surface area (Å²) in [5.41, 5.74) is 3.70.